The van der Waals surface area contributed by atoms with E-state index in [4.69, 9.17) is 4.42 Å². The molecule has 1 saturated heterocycles. The van der Waals surface area contributed by atoms with Gasteiger partial charge < -0.3 is 9.73 Å². The molecule has 3 aromatic carbocycles. The zero-order chi connectivity index (χ0) is 28.6. The maximum absolute atomic E-state index is 13.8. The zero-order valence-electron chi connectivity index (χ0n) is 22.2. The second-order valence-corrected chi connectivity index (χ2v) is 11.5. The average molecular weight is 561 g/mol. The van der Waals surface area contributed by atoms with Crippen LogP contribution in [0.15, 0.2) is 82.1 Å². The molecule has 4 aromatic rings. The number of carbonyl (C=O) groups is 3. The summed E-state index contributed by atoms with van der Waals surface area (Å²) < 4.78 is 34.5. The van der Waals surface area contributed by atoms with Gasteiger partial charge in [-0.25, -0.2) is 18.3 Å². The number of aromatic nitrogens is 1. The van der Waals surface area contributed by atoms with Crippen molar-refractivity contribution in [3.8, 4) is 11.5 Å². The first-order valence-electron chi connectivity index (χ1n) is 12.8. The van der Waals surface area contributed by atoms with Crippen LogP contribution in [0.2, 0.25) is 0 Å². The van der Waals surface area contributed by atoms with Crippen molar-refractivity contribution >= 4 is 50.2 Å². The number of carbonyl (C=O) groups excluding carboxylic acids is 3. The molecule has 1 aromatic heterocycles. The second-order valence-electron chi connectivity index (χ2n) is 9.62. The molecule has 1 fully saturated rings. The lowest BCUT2D eigenvalue weighted by Crippen LogP contribution is -2.49. The molecule has 40 heavy (non-hydrogen) atoms. The highest BCUT2D eigenvalue weighted by molar-refractivity contribution is 7.89. The predicted molar refractivity (Wildman–Crippen MR) is 150 cm³/mol. The van der Waals surface area contributed by atoms with Crippen LogP contribution in [0.5, 0.6) is 0 Å². The minimum absolute atomic E-state index is 0.0386. The first-order valence-corrected chi connectivity index (χ1v) is 14.3. The number of benzene rings is 3. The molecular weight excluding hydrogens is 532 g/mol. The molecule has 1 aliphatic rings. The van der Waals surface area contributed by atoms with E-state index >= 15 is 0 Å². The van der Waals surface area contributed by atoms with Gasteiger partial charge in [-0.3, -0.25) is 14.4 Å². The van der Waals surface area contributed by atoms with E-state index < -0.39 is 33.9 Å². The standard InChI is InChI=1S/C29H28N4O6S/c1-4-18(2)33(40(37,38)23-15-11-21(12-16-23)30-19(3)34)25-17-27(35)32(29(25)36)22-13-9-20(10-14-22)28-31-24-7-5-6-8-26(24)39-28/h5-16,18,25H,4,17H2,1-3H3,(H,30,34). The fraction of sp³-hybridized carbons (Fsp3) is 0.241. The summed E-state index contributed by atoms with van der Waals surface area (Å²) in [5.74, 6) is -0.982. The first-order chi connectivity index (χ1) is 19.1. The summed E-state index contributed by atoms with van der Waals surface area (Å²) in [6.45, 7) is 4.88. The van der Waals surface area contributed by atoms with Crippen molar-refractivity contribution in [1.82, 2.24) is 9.29 Å². The van der Waals surface area contributed by atoms with E-state index in [0.717, 1.165) is 9.21 Å². The van der Waals surface area contributed by atoms with Crippen LogP contribution in [0.3, 0.4) is 0 Å². The zero-order valence-corrected chi connectivity index (χ0v) is 23.0. The summed E-state index contributed by atoms with van der Waals surface area (Å²) in [4.78, 5) is 43.5. The van der Waals surface area contributed by atoms with Crippen LogP contribution in [0, 0.1) is 0 Å². The summed E-state index contributed by atoms with van der Waals surface area (Å²) >= 11 is 0. The number of fused-ring (bicyclic) bond motifs is 1. The van der Waals surface area contributed by atoms with Crippen LogP contribution in [-0.2, 0) is 24.4 Å². The Morgan fingerprint density at radius 3 is 2.38 bits per heavy atom. The number of sulfonamides is 1. The van der Waals surface area contributed by atoms with Gasteiger partial charge in [0.05, 0.1) is 17.0 Å². The van der Waals surface area contributed by atoms with Crippen molar-refractivity contribution in [1.29, 1.82) is 0 Å². The molecule has 206 valence electrons. The molecule has 0 spiro atoms. The number of hydrogen-bond acceptors (Lipinski definition) is 7. The van der Waals surface area contributed by atoms with E-state index in [2.05, 4.69) is 10.3 Å². The molecule has 1 N–H and O–H groups in total. The minimum Gasteiger partial charge on any atom is -0.436 e. The highest BCUT2D eigenvalue weighted by atomic mass is 32.2. The van der Waals surface area contributed by atoms with Crippen molar-refractivity contribution in [2.24, 2.45) is 0 Å². The smallest absolute Gasteiger partial charge is 0.252 e. The first kappa shape index (κ1) is 27.2. The Bertz CT molecular complexity index is 1660. The van der Waals surface area contributed by atoms with Gasteiger partial charge in [0, 0.05) is 24.2 Å². The van der Waals surface area contributed by atoms with E-state index in [9.17, 15) is 22.8 Å². The molecule has 11 heteroatoms. The number of hydrogen-bond donors (Lipinski definition) is 1. The topological polar surface area (TPSA) is 130 Å². The van der Waals surface area contributed by atoms with Gasteiger partial charge >= 0.3 is 0 Å². The Morgan fingerprint density at radius 2 is 1.75 bits per heavy atom. The van der Waals surface area contributed by atoms with Crippen LogP contribution in [-0.4, -0.2) is 47.5 Å². The van der Waals surface area contributed by atoms with Gasteiger partial charge in [0.1, 0.15) is 11.6 Å². The lowest BCUT2D eigenvalue weighted by Gasteiger charge is -2.31. The number of para-hydroxylation sites is 2. The van der Waals surface area contributed by atoms with Crippen molar-refractivity contribution in [3.63, 3.8) is 0 Å². The summed E-state index contributed by atoms with van der Waals surface area (Å²) in [7, 11) is -4.16. The maximum Gasteiger partial charge on any atom is 0.252 e. The molecule has 2 unspecified atom stereocenters. The van der Waals surface area contributed by atoms with Gasteiger partial charge in [0.2, 0.25) is 27.7 Å². The number of nitrogens with one attached hydrogen (secondary N) is 1. The Balaban J connectivity index is 1.42. The number of anilines is 2. The van der Waals surface area contributed by atoms with E-state index in [-0.39, 0.29) is 17.2 Å². The number of rotatable bonds is 8. The summed E-state index contributed by atoms with van der Waals surface area (Å²) in [5, 5.41) is 2.60. The van der Waals surface area contributed by atoms with Crippen molar-refractivity contribution < 1.29 is 27.2 Å². The van der Waals surface area contributed by atoms with E-state index in [1.54, 1.807) is 31.2 Å². The number of nitrogens with zero attached hydrogens (tertiary/aromatic N) is 3. The van der Waals surface area contributed by atoms with Crippen LogP contribution in [0.1, 0.15) is 33.6 Å². The van der Waals surface area contributed by atoms with Gasteiger partial charge in [-0.2, -0.15) is 4.31 Å². The minimum atomic E-state index is -4.16. The Hall–Kier alpha value is -4.35. The van der Waals surface area contributed by atoms with Crippen LogP contribution < -0.4 is 10.2 Å². The SMILES string of the molecule is CCC(C)N(C1CC(=O)N(c2ccc(-c3nc4ccccc4o3)cc2)C1=O)S(=O)(=O)c1ccc(NC(C)=O)cc1. The van der Waals surface area contributed by atoms with Gasteiger partial charge in [0.25, 0.3) is 5.91 Å². The second kappa shape index (κ2) is 10.7. The molecule has 3 amide bonds. The summed E-state index contributed by atoms with van der Waals surface area (Å²) in [5.41, 5.74) is 2.80. The van der Waals surface area contributed by atoms with Crippen molar-refractivity contribution in [3.05, 3.63) is 72.8 Å². The van der Waals surface area contributed by atoms with Gasteiger partial charge in [-0.1, -0.05) is 19.1 Å². The van der Waals surface area contributed by atoms with E-state index in [1.807, 2.05) is 31.2 Å². The highest BCUT2D eigenvalue weighted by Crippen LogP contribution is 2.33. The molecular formula is C29H28N4O6S. The fourth-order valence-corrected chi connectivity index (χ4v) is 6.61. The summed E-state index contributed by atoms with van der Waals surface area (Å²) in [6, 6.07) is 18.0. The lowest BCUT2D eigenvalue weighted by atomic mass is 10.2. The van der Waals surface area contributed by atoms with Crippen LogP contribution >= 0.6 is 0 Å². The van der Waals surface area contributed by atoms with Gasteiger partial charge in [0.15, 0.2) is 5.58 Å². The monoisotopic (exact) mass is 560 g/mol. The highest BCUT2D eigenvalue weighted by Gasteiger charge is 2.48. The molecule has 10 nitrogen and oxygen atoms in total. The molecule has 0 aliphatic carbocycles. The third-order valence-electron chi connectivity index (χ3n) is 6.87. The molecule has 5 rings (SSSR count). The van der Waals surface area contributed by atoms with Crippen molar-refractivity contribution in [2.75, 3.05) is 10.2 Å². The maximum atomic E-state index is 13.8. The summed E-state index contributed by atoms with van der Waals surface area (Å²) in [6.07, 6.45) is 0.152. The molecule has 0 saturated carbocycles. The number of imide groups is 1. The molecule has 0 bridgehead atoms. The molecule has 2 heterocycles. The number of oxazole rings is 1. The Kier molecular flexibility index (Phi) is 7.26. The average Bonchev–Trinajstić information content (AvgIpc) is 3.49. The number of amides is 3. The molecule has 0 radical (unpaired) electrons. The quantitative estimate of drug-likeness (QED) is 0.312. The van der Waals surface area contributed by atoms with Crippen molar-refractivity contribution in [2.45, 2.75) is 50.6 Å². The Morgan fingerprint density at radius 1 is 1.07 bits per heavy atom. The Labute approximate surface area is 231 Å². The van der Waals surface area contributed by atoms with Gasteiger partial charge in [-0.15, -0.1) is 0 Å². The third-order valence-corrected chi connectivity index (χ3v) is 8.91. The predicted octanol–water partition coefficient (Wildman–Crippen LogP) is 4.57. The normalized spacial score (nSPS) is 16.6. The molecule has 1 aliphatic heterocycles. The van der Waals surface area contributed by atoms with Gasteiger partial charge in [-0.05, 0) is 74.0 Å². The largest absolute Gasteiger partial charge is 0.436 e. The fourth-order valence-electron chi connectivity index (χ4n) is 4.76. The lowest BCUT2D eigenvalue weighted by molar-refractivity contribution is -0.122. The van der Waals surface area contributed by atoms with E-state index in [1.165, 1.54) is 31.2 Å². The van der Waals surface area contributed by atoms with Crippen LogP contribution in [0.25, 0.3) is 22.6 Å². The molecule has 2 atom stereocenters. The van der Waals surface area contributed by atoms with Crippen LogP contribution in [0.4, 0.5) is 11.4 Å². The third kappa shape index (κ3) is 5.01. The van der Waals surface area contributed by atoms with E-state index in [0.29, 0.717) is 40.3 Å².